The standard InChI is InChI=1S/C23H19Br2N3O3/c1-13-20-18(27-28-22(29)16-5-2-3-6-17(16)25)7-4-8-19(20)31-21(13)23(30)26-15-11-9-14(24)10-12-15/h2-3,5-6,9-12H,4,7-8H2,1H3,(H,26,30)(H,28,29)/b27-18+. The van der Waals surface area contributed by atoms with E-state index >= 15 is 0 Å². The minimum atomic E-state index is -0.314. The summed E-state index contributed by atoms with van der Waals surface area (Å²) in [5, 5.41) is 7.23. The number of halogens is 2. The summed E-state index contributed by atoms with van der Waals surface area (Å²) in [5.74, 6) is 0.366. The van der Waals surface area contributed by atoms with Gasteiger partial charge in [-0.15, -0.1) is 0 Å². The summed E-state index contributed by atoms with van der Waals surface area (Å²) in [6, 6.07) is 14.5. The number of furan rings is 1. The Hall–Kier alpha value is -2.71. The van der Waals surface area contributed by atoms with Crippen LogP contribution in [0.25, 0.3) is 0 Å². The maximum Gasteiger partial charge on any atom is 0.291 e. The Bertz CT molecular complexity index is 1180. The number of benzene rings is 2. The Kier molecular flexibility index (Phi) is 6.38. The van der Waals surface area contributed by atoms with Crippen molar-refractivity contribution in [2.75, 3.05) is 5.32 Å². The van der Waals surface area contributed by atoms with E-state index in [9.17, 15) is 9.59 Å². The summed E-state index contributed by atoms with van der Waals surface area (Å²) in [6.07, 6.45) is 2.24. The van der Waals surface area contributed by atoms with Crippen molar-refractivity contribution >= 4 is 55.1 Å². The van der Waals surface area contributed by atoms with Gasteiger partial charge >= 0.3 is 0 Å². The Morgan fingerprint density at radius 2 is 1.74 bits per heavy atom. The van der Waals surface area contributed by atoms with E-state index in [-0.39, 0.29) is 17.6 Å². The van der Waals surface area contributed by atoms with Crippen molar-refractivity contribution in [2.24, 2.45) is 5.10 Å². The highest BCUT2D eigenvalue weighted by Gasteiger charge is 2.28. The number of nitrogens with zero attached hydrogens (tertiary/aromatic N) is 1. The molecule has 6 nitrogen and oxygen atoms in total. The van der Waals surface area contributed by atoms with E-state index in [1.54, 1.807) is 18.2 Å². The van der Waals surface area contributed by atoms with Gasteiger partial charge in [-0.25, -0.2) is 5.43 Å². The lowest BCUT2D eigenvalue weighted by molar-refractivity contribution is 0.0952. The van der Waals surface area contributed by atoms with Crippen LogP contribution in [0.3, 0.4) is 0 Å². The van der Waals surface area contributed by atoms with Crippen molar-refractivity contribution in [2.45, 2.75) is 26.2 Å². The lowest BCUT2D eigenvalue weighted by Crippen LogP contribution is -2.22. The molecule has 0 spiro atoms. The number of fused-ring (bicyclic) bond motifs is 1. The van der Waals surface area contributed by atoms with E-state index in [4.69, 9.17) is 4.42 Å². The molecule has 2 aromatic carbocycles. The highest BCUT2D eigenvalue weighted by Crippen LogP contribution is 2.30. The summed E-state index contributed by atoms with van der Waals surface area (Å²) in [5.41, 5.74) is 6.05. The molecule has 1 aliphatic rings. The molecule has 0 saturated heterocycles. The van der Waals surface area contributed by atoms with Gasteiger partial charge in [-0.3, -0.25) is 9.59 Å². The number of carbonyl (C=O) groups excluding carboxylic acids is 2. The van der Waals surface area contributed by atoms with Crippen LogP contribution in [0.15, 0.2) is 67.0 Å². The quantitative estimate of drug-likeness (QED) is 0.405. The number of carbonyl (C=O) groups is 2. The summed E-state index contributed by atoms with van der Waals surface area (Å²) in [4.78, 5) is 25.3. The Labute approximate surface area is 196 Å². The zero-order valence-corrected chi connectivity index (χ0v) is 19.8. The van der Waals surface area contributed by atoms with Gasteiger partial charge in [-0.2, -0.15) is 5.10 Å². The van der Waals surface area contributed by atoms with Crippen LogP contribution in [0.4, 0.5) is 5.69 Å². The molecule has 0 bridgehead atoms. The number of hydrogen-bond acceptors (Lipinski definition) is 4. The first kappa shape index (κ1) is 21.5. The molecule has 4 rings (SSSR count). The van der Waals surface area contributed by atoms with E-state index in [0.717, 1.165) is 34.2 Å². The first-order chi connectivity index (χ1) is 14.9. The lowest BCUT2D eigenvalue weighted by Gasteiger charge is -2.13. The zero-order valence-electron chi connectivity index (χ0n) is 16.7. The Morgan fingerprint density at radius 3 is 2.48 bits per heavy atom. The molecular weight excluding hydrogens is 526 g/mol. The molecule has 0 fully saturated rings. The monoisotopic (exact) mass is 543 g/mol. The van der Waals surface area contributed by atoms with Crippen LogP contribution in [0.2, 0.25) is 0 Å². The van der Waals surface area contributed by atoms with E-state index < -0.39 is 0 Å². The van der Waals surface area contributed by atoms with E-state index in [2.05, 4.69) is 47.7 Å². The van der Waals surface area contributed by atoms with Gasteiger partial charge in [-0.05, 0) is 72.1 Å². The van der Waals surface area contributed by atoms with Crippen LogP contribution < -0.4 is 10.7 Å². The zero-order chi connectivity index (χ0) is 22.0. The van der Waals surface area contributed by atoms with Crippen molar-refractivity contribution in [3.8, 4) is 0 Å². The van der Waals surface area contributed by atoms with Crippen LogP contribution in [-0.2, 0) is 6.42 Å². The Balaban J connectivity index is 1.57. The third-order valence-corrected chi connectivity index (χ3v) is 6.27. The van der Waals surface area contributed by atoms with Gasteiger partial charge in [0.1, 0.15) is 5.76 Å². The van der Waals surface area contributed by atoms with Crippen LogP contribution in [-0.4, -0.2) is 17.5 Å². The van der Waals surface area contributed by atoms with Gasteiger partial charge in [-0.1, -0.05) is 28.1 Å². The number of nitrogens with one attached hydrogen (secondary N) is 2. The maximum absolute atomic E-state index is 12.8. The van der Waals surface area contributed by atoms with Crippen molar-refractivity contribution in [1.29, 1.82) is 0 Å². The number of rotatable bonds is 4. The minimum absolute atomic E-state index is 0.264. The topological polar surface area (TPSA) is 83.7 Å². The molecule has 3 aromatic rings. The first-order valence-corrected chi connectivity index (χ1v) is 11.3. The molecular formula is C23H19Br2N3O3. The Morgan fingerprint density at radius 1 is 1.00 bits per heavy atom. The molecule has 0 saturated carbocycles. The molecule has 0 aliphatic heterocycles. The van der Waals surface area contributed by atoms with Gasteiger partial charge in [0.05, 0.1) is 11.3 Å². The van der Waals surface area contributed by atoms with Crippen LogP contribution >= 0.6 is 31.9 Å². The summed E-state index contributed by atoms with van der Waals surface area (Å²) >= 11 is 6.76. The van der Waals surface area contributed by atoms with Gasteiger partial charge in [0.25, 0.3) is 11.8 Å². The van der Waals surface area contributed by atoms with Crippen LogP contribution in [0.5, 0.6) is 0 Å². The first-order valence-electron chi connectivity index (χ1n) is 9.75. The average Bonchev–Trinajstić information content (AvgIpc) is 3.11. The predicted molar refractivity (Wildman–Crippen MR) is 127 cm³/mol. The van der Waals surface area contributed by atoms with Gasteiger partial charge in [0, 0.05) is 32.2 Å². The van der Waals surface area contributed by atoms with Crippen LogP contribution in [0.1, 0.15) is 50.6 Å². The van der Waals surface area contributed by atoms with Crippen LogP contribution in [0, 0.1) is 6.92 Å². The fourth-order valence-corrected chi connectivity index (χ4v) is 4.27. The van der Waals surface area contributed by atoms with Crippen molar-refractivity contribution in [1.82, 2.24) is 5.43 Å². The number of anilines is 1. The summed E-state index contributed by atoms with van der Waals surface area (Å²) in [7, 11) is 0. The molecule has 0 radical (unpaired) electrons. The predicted octanol–water partition coefficient (Wildman–Crippen LogP) is 5.84. The highest BCUT2D eigenvalue weighted by atomic mass is 79.9. The van der Waals surface area contributed by atoms with Crippen molar-refractivity contribution in [3.05, 3.63) is 85.7 Å². The maximum atomic E-state index is 12.8. The normalized spacial score (nSPS) is 14.2. The molecule has 0 unspecified atom stereocenters. The lowest BCUT2D eigenvalue weighted by atomic mass is 9.93. The minimum Gasteiger partial charge on any atom is -0.455 e. The fraction of sp³-hybridized carbons (Fsp3) is 0.174. The third kappa shape index (κ3) is 4.65. The molecule has 31 heavy (non-hydrogen) atoms. The van der Waals surface area contributed by atoms with Gasteiger partial charge in [0.15, 0.2) is 5.76 Å². The number of hydrogen-bond donors (Lipinski definition) is 2. The van der Waals surface area contributed by atoms with Crippen molar-refractivity contribution < 1.29 is 14.0 Å². The smallest absolute Gasteiger partial charge is 0.291 e. The number of amides is 2. The highest BCUT2D eigenvalue weighted by molar-refractivity contribution is 9.10. The second-order valence-electron chi connectivity index (χ2n) is 7.15. The van der Waals surface area contributed by atoms with Crippen molar-refractivity contribution in [3.63, 3.8) is 0 Å². The fourth-order valence-electron chi connectivity index (χ4n) is 3.54. The second-order valence-corrected chi connectivity index (χ2v) is 8.92. The van der Waals surface area contributed by atoms with E-state index in [1.165, 1.54) is 0 Å². The van der Waals surface area contributed by atoms with E-state index in [0.29, 0.717) is 27.9 Å². The number of aryl methyl sites for hydroxylation is 1. The second kappa shape index (κ2) is 9.20. The molecule has 158 valence electrons. The largest absolute Gasteiger partial charge is 0.455 e. The summed E-state index contributed by atoms with van der Waals surface area (Å²) < 4.78 is 7.54. The SMILES string of the molecule is Cc1c(C(=O)Nc2ccc(Br)cc2)oc2c1/C(=N/NC(=O)c1ccccc1Br)CCC2. The molecule has 8 heteroatoms. The van der Waals surface area contributed by atoms with E-state index in [1.807, 2.05) is 37.3 Å². The molecule has 1 heterocycles. The average molecular weight is 545 g/mol. The molecule has 1 aromatic heterocycles. The molecule has 2 N–H and O–H groups in total. The number of hydrazone groups is 1. The molecule has 1 aliphatic carbocycles. The molecule has 2 amide bonds. The third-order valence-electron chi connectivity index (χ3n) is 5.04. The van der Waals surface area contributed by atoms with Gasteiger partial charge in [0.2, 0.25) is 0 Å². The summed E-state index contributed by atoms with van der Waals surface area (Å²) in [6.45, 7) is 1.84. The van der Waals surface area contributed by atoms with Gasteiger partial charge < -0.3 is 9.73 Å². The molecule has 0 atom stereocenters.